The quantitative estimate of drug-likeness (QED) is 0.819. The van der Waals surface area contributed by atoms with Gasteiger partial charge in [0, 0.05) is 25.5 Å². The van der Waals surface area contributed by atoms with Gasteiger partial charge >= 0.3 is 0 Å². The van der Waals surface area contributed by atoms with Gasteiger partial charge in [-0.25, -0.2) is 4.98 Å². The number of nitrogens with one attached hydrogen (secondary N) is 1. The number of rotatable bonds is 4. The molecule has 0 amide bonds. The Kier molecular flexibility index (Phi) is 3.83. The second-order valence-corrected chi connectivity index (χ2v) is 4.59. The van der Waals surface area contributed by atoms with E-state index in [9.17, 15) is 5.11 Å². The maximum atomic E-state index is 9.42. The van der Waals surface area contributed by atoms with E-state index in [-0.39, 0.29) is 6.10 Å². The molecule has 0 aliphatic heterocycles. The topological polar surface area (TPSA) is 50.1 Å². The van der Waals surface area contributed by atoms with Crippen molar-refractivity contribution in [2.45, 2.75) is 45.3 Å². The summed E-state index contributed by atoms with van der Waals surface area (Å²) in [5.74, 6) is 1.65. The molecule has 0 atom stereocenters. The molecule has 1 aromatic heterocycles. The minimum absolute atomic E-state index is 0.0612. The molecule has 1 saturated carbocycles. The van der Waals surface area contributed by atoms with Gasteiger partial charge in [0.25, 0.3) is 0 Å². The van der Waals surface area contributed by atoms with Crippen molar-refractivity contribution in [2.75, 3.05) is 11.9 Å². The van der Waals surface area contributed by atoms with Crippen LogP contribution in [0.4, 0.5) is 5.95 Å². The molecule has 1 aliphatic carbocycles. The Balaban J connectivity index is 1.79. The third kappa shape index (κ3) is 2.76. The number of aromatic nitrogens is 2. The molecule has 0 unspecified atom stereocenters. The molecule has 2 rings (SSSR count). The van der Waals surface area contributed by atoms with Crippen LogP contribution < -0.4 is 5.32 Å². The molecule has 4 heteroatoms. The number of aliphatic hydroxyl groups is 1. The summed E-state index contributed by atoms with van der Waals surface area (Å²) in [6.45, 7) is 4.04. The van der Waals surface area contributed by atoms with E-state index >= 15 is 0 Å². The van der Waals surface area contributed by atoms with E-state index in [0.29, 0.717) is 5.92 Å². The predicted molar refractivity (Wildman–Crippen MR) is 64.4 cm³/mol. The molecule has 4 nitrogen and oxygen atoms in total. The number of aryl methyl sites for hydroxylation is 1. The van der Waals surface area contributed by atoms with Crippen molar-refractivity contribution in [2.24, 2.45) is 5.92 Å². The summed E-state index contributed by atoms with van der Waals surface area (Å²) in [6.07, 6.45) is 7.92. The van der Waals surface area contributed by atoms with Gasteiger partial charge in [-0.2, -0.15) is 0 Å². The molecule has 1 aliphatic rings. The molecule has 1 aromatic rings. The SMILES string of the molecule is CCn1ccnc1NCC1CCC(O)CC1. The summed E-state index contributed by atoms with van der Waals surface area (Å²) in [4.78, 5) is 4.29. The normalized spacial score (nSPS) is 25.6. The predicted octanol–water partition coefficient (Wildman–Crippen LogP) is 1.87. The molecule has 16 heavy (non-hydrogen) atoms. The monoisotopic (exact) mass is 223 g/mol. The Bertz CT molecular complexity index is 316. The van der Waals surface area contributed by atoms with E-state index in [1.165, 1.54) is 0 Å². The summed E-state index contributed by atoms with van der Waals surface area (Å²) in [5, 5.41) is 12.8. The zero-order valence-corrected chi connectivity index (χ0v) is 9.89. The molecule has 90 valence electrons. The van der Waals surface area contributed by atoms with E-state index in [4.69, 9.17) is 0 Å². The van der Waals surface area contributed by atoms with Crippen LogP contribution in [0.2, 0.25) is 0 Å². The van der Waals surface area contributed by atoms with Crippen LogP contribution in [0.25, 0.3) is 0 Å². The molecule has 0 bridgehead atoms. The standard InChI is InChI=1S/C12H21N3O/c1-2-15-8-7-13-12(15)14-9-10-3-5-11(16)6-4-10/h7-8,10-11,16H,2-6,9H2,1H3,(H,13,14). The summed E-state index contributed by atoms with van der Waals surface area (Å²) in [7, 11) is 0. The van der Waals surface area contributed by atoms with Crippen molar-refractivity contribution < 1.29 is 5.11 Å². The third-order valence-corrected chi connectivity index (χ3v) is 3.42. The number of nitrogens with zero attached hydrogens (tertiary/aromatic N) is 2. The van der Waals surface area contributed by atoms with Crippen LogP contribution in [0.5, 0.6) is 0 Å². The van der Waals surface area contributed by atoms with E-state index in [1.807, 2.05) is 12.4 Å². The van der Waals surface area contributed by atoms with Crippen molar-refractivity contribution >= 4 is 5.95 Å². The molecule has 0 aromatic carbocycles. The number of imidazole rings is 1. The van der Waals surface area contributed by atoms with Crippen LogP contribution in [0, 0.1) is 5.92 Å². The van der Waals surface area contributed by atoms with Crippen LogP contribution in [0.3, 0.4) is 0 Å². The average Bonchev–Trinajstić information content (AvgIpc) is 2.76. The fourth-order valence-electron chi connectivity index (χ4n) is 2.32. The lowest BCUT2D eigenvalue weighted by Crippen LogP contribution is -2.24. The highest BCUT2D eigenvalue weighted by atomic mass is 16.3. The summed E-state index contributed by atoms with van der Waals surface area (Å²) in [6, 6.07) is 0. The maximum Gasteiger partial charge on any atom is 0.202 e. The minimum Gasteiger partial charge on any atom is -0.393 e. The van der Waals surface area contributed by atoms with Crippen LogP contribution in [-0.2, 0) is 6.54 Å². The highest BCUT2D eigenvalue weighted by molar-refractivity contribution is 5.25. The van der Waals surface area contributed by atoms with Crippen LogP contribution in [0.15, 0.2) is 12.4 Å². The molecule has 1 heterocycles. The van der Waals surface area contributed by atoms with Gasteiger partial charge in [0.15, 0.2) is 0 Å². The molecule has 2 N–H and O–H groups in total. The summed E-state index contributed by atoms with van der Waals surface area (Å²) >= 11 is 0. The smallest absolute Gasteiger partial charge is 0.202 e. The molecule has 0 radical (unpaired) electrons. The highest BCUT2D eigenvalue weighted by Gasteiger charge is 2.19. The van der Waals surface area contributed by atoms with Crippen LogP contribution in [0.1, 0.15) is 32.6 Å². The molecular formula is C12H21N3O. The van der Waals surface area contributed by atoms with Crippen molar-refractivity contribution in [3.63, 3.8) is 0 Å². The first kappa shape index (κ1) is 11.5. The molecule has 0 saturated heterocycles. The van der Waals surface area contributed by atoms with Crippen molar-refractivity contribution in [3.05, 3.63) is 12.4 Å². The number of aliphatic hydroxyl groups excluding tert-OH is 1. The summed E-state index contributed by atoms with van der Waals surface area (Å²) < 4.78 is 2.11. The van der Waals surface area contributed by atoms with Crippen molar-refractivity contribution in [3.8, 4) is 0 Å². The Hall–Kier alpha value is -1.03. The summed E-state index contributed by atoms with van der Waals surface area (Å²) in [5.41, 5.74) is 0. The first-order valence-electron chi connectivity index (χ1n) is 6.22. The Morgan fingerprint density at radius 2 is 2.19 bits per heavy atom. The lowest BCUT2D eigenvalue weighted by Gasteiger charge is -2.25. The van der Waals surface area contributed by atoms with Crippen molar-refractivity contribution in [1.82, 2.24) is 9.55 Å². The zero-order chi connectivity index (χ0) is 11.4. The number of hydrogen-bond acceptors (Lipinski definition) is 3. The average molecular weight is 223 g/mol. The lowest BCUT2D eigenvalue weighted by molar-refractivity contribution is 0.111. The Labute approximate surface area is 96.7 Å². The van der Waals surface area contributed by atoms with Gasteiger partial charge in [0.2, 0.25) is 5.95 Å². The number of hydrogen-bond donors (Lipinski definition) is 2. The van der Waals surface area contributed by atoms with E-state index in [0.717, 1.165) is 44.7 Å². The lowest BCUT2D eigenvalue weighted by atomic mass is 9.87. The van der Waals surface area contributed by atoms with Crippen LogP contribution in [-0.4, -0.2) is 27.3 Å². The van der Waals surface area contributed by atoms with Gasteiger partial charge in [0.1, 0.15) is 0 Å². The van der Waals surface area contributed by atoms with Gasteiger partial charge in [0.05, 0.1) is 6.10 Å². The molecule has 1 fully saturated rings. The van der Waals surface area contributed by atoms with Crippen LogP contribution >= 0.6 is 0 Å². The molecule has 0 spiro atoms. The van der Waals surface area contributed by atoms with E-state index in [1.54, 1.807) is 0 Å². The maximum absolute atomic E-state index is 9.42. The first-order valence-corrected chi connectivity index (χ1v) is 6.22. The highest BCUT2D eigenvalue weighted by Crippen LogP contribution is 2.24. The molecular weight excluding hydrogens is 202 g/mol. The fraction of sp³-hybridized carbons (Fsp3) is 0.750. The first-order chi connectivity index (χ1) is 7.79. The zero-order valence-electron chi connectivity index (χ0n) is 9.89. The van der Waals surface area contributed by atoms with Gasteiger partial charge in [-0.1, -0.05) is 0 Å². The minimum atomic E-state index is -0.0612. The van der Waals surface area contributed by atoms with E-state index < -0.39 is 0 Å². The van der Waals surface area contributed by atoms with Gasteiger partial charge in [-0.15, -0.1) is 0 Å². The largest absolute Gasteiger partial charge is 0.393 e. The Morgan fingerprint density at radius 3 is 2.88 bits per heavy atom. The van der Waals surface area contributed by atoms with Gasteiger partial charge in [-0.3, -0.25) is 0 Å². The van der Waals surface area contributed by atoms with Gasteiger partial charge < -0.3 is 15.0 Å². The Morgan fingerprint density at radius 1 is 1.44 bits per heavy atom. The third-order valence-electron chi connectivity index (χ3n) is 3.42. The number of anilines is 1. The second kappa shape index (κ2) is 5.34. The van der Waals surface area contributed by atoms with E-state index in [2.05, 4.69) is 21.8 Å². The fourth-order valence-corrected chi connectivity index (χ4v) is 2.32. The van der Waals surface area contributed by atoms with Crippen molar-refractivity contribution in [1.29, 1.82) is 0 Å². The van der Waals surface area contributed by atoms with Gasteiger partial charge in [-0.05, 0) is 38.5 Å². The second-order valence-electron chi connectivity index (χ2n) is 4.59.